The summed E-state index contributed by atoms with van der Waals surface area (Å²) in [6.45, 7) is 3.70. The van der Waals surface area contributed by atoms with Gasteiger partial charge >= 0.3 is 0 Å². The molecule has 4 aliphatic rings. The van der Waals surface area contributed by atoms with Gasteiger partial charge in [0.05, 0.1) is 47.8 Å². The molecule has 4 saturated heterocycles. The third kappa shape index (κ3) is 3.10. The minimum absolute atomic E-state index is 0.377. The third-order valence-electron chi connectivity index (χ3n) is 9.11. The van der Waals surface area contributed by atoms with Crippen LogP contribution in [0.15, 0.2) is 94.2 Å². The van der Waals surface area contributed by atoms with E-state index in [-0.39, 0.29) is 11.8 Å². The zero-order valence-electron chi connectivity index (χ0n) is 22.8. The summed E-state index contributed by atoms with van der Waals surface area (Å²) in [6, 6.07) is 17.9. The number of anilines is 2. The number of benzene rings is 2. The number of hydrazine groups is 1. The number of para-hydroxylation sites is 2. The van der Waals surface area contributed by atoms with Gasteiger partial charge in [-0.1, -0.05) is 36.4 Å². The van der Waals surface area contributed by atoms with Crippen LogP contribution >= 0.6 is 0 Å². The molecule has 10 nitrogen and oxygen atoms in total. The molecule has 0 spiro atoms. The van der Waals surface area contributed by atoms with Crippen molar-refractivity contribution in [2.45, 2.75) is 38.0 Å². The number of furan rings is 2. The summed E-state index contributed by atoms with van der Waals surface area (Å²) < 4.78 is 11.7. The van der Waals surface area contributed by atoms with Crippen molar-refractivity contribution in [1.82, 2.24) is 10.0 Å². The molecule has 6 heterocycles. The molecule has 0 aliphatic carbocycles. The number of nitrogens with zero attached hydrogens (tertiary/aromatic N) is 4. The summed E-state index contributed by atoms with van der Waals surface area (Å²) in [6.07, 6.45) is 3.01. The Kier molecular flexibility index (Phi) is 5.26. The van der Waals surface area contributed by atoms with Crippen LogP contribution in [0, 0.1) is 25.7 Å². The number of amides is 4. The molecule has 6 atom stereocenters. The van der Waals surface area contributed by atoms with Crippen molar-refractivity contribution in [2.24, 2.45) is 11.8 Å². The van der Waals surface area contributed by atoms with Gasteiger partial charge in [0.2, 0.25) is 11.8 Å². The molecule has 4 fully saturated rings. The number of fused-ring (bicyclic) bond motifs is 5. The lowest BCUT2D eigenvalue weighted by Gasteiger charge is -2.34. The first kappa shape index (κ1) is 25.0. The van der Waals surface area contributed by atoms with Crippen LogP contribution in [-0.4, -0.2) is 45.7 Å². The molecule has 0 N–H and O–H groups in total. The second-order valence-electron chi connectivity index (χ2n) is 11.2. The van der Waals surface area contributed by atoms with Crippen molar-refractivity contribution in [2.75, 3.05) is 9.80 Å². The average molecular weight is 563 g/mol. The molecule has 4 aliphatic heterocycles. The van der Waals surface area contributed by atoms with Gasteiger partial charge < -0.3 is 8.83 Å². The van der Waals surface area contributed by atoms with Crippen LogP contribution in [0.1, 0.15) is 34.7 Å². The van der Waals surface area contributed by atoms with Gasteiger partial charge in [-0.25, -0.2) is 19.8 Å². The number of imide groups is 2. The summed E-state index contributed by atoms with van der Waals surface area (Å²) in [7, 11) is 0. The van der Waals surface area contributed by atoms with Crippen LogP contribution in [0.4, 0.5) is 11.4 Å². The highest BCUT2D eigenvalue weighted by molar-refractivity contribution is 6.26. The zero-order valence-corrected chi connectivity index (χ0v) is 22.8. The van der Waals surface area contributed by atoms with Gasteiger partial charge in [0.15, 0.2) is 0 Å². The Bertz CT molecular complexity index is 1640. The molecular formula is C32H26N4O6. The summed E-state index contributed by atoms with van der Waals surface area (Å²) in [5.41, 5.74) is 2.59. The molecule has 2 aromatic carbocycles. The summed E-state index contributed by atoms with van der Waals surface area (Å²) in [5, 5.41) is 3.52. The highest BCUT2D eigenvalue weighted by Crippen LogP contribution is 2.60. The fourth-order valence-electron chi connectivity index (χ4n) is 7.42. The van der Waals surface area contributed by atoms with Crippen molar-refractivity contribution in [3.05, 3.63) is 108 Å². The quantitative estimate of drug-likeness (QED) is 0.345. The summed E-state index contributed by atoms with van der Waals surface area (Å²) >= 11 is 0. The van der Waals surface area contributed by atoms with Crippen LogP contribution in [0.2, 0.25) is 0 Å². The Hall–Kier alpha value is -4.80. The van der Waals surface area contributed by atoms with Crippen LogP contribution in [-0.2, 0) is 19.2 Å². The maximum absolute atomic E-state index is 14.3. The molecule has 4 amide bonds. The molecule has 0 bridgehead atoms. The molecular weight excluding hydrogens is 536 g/mol. The molecule has 0 unspecified atom stereocenters. The van der Waals surface area contributed by atoms with Crippen molar-refractivity contribution in [3.63, 3.8) is 0 Å². The van der Waals surface area contributed by atoms with E-state index in [2.05, 4.69) is 0 Å². The standard InChI is InChI=1S/C32H26N4O6/c1-17-9-3-5-11-19(17)33-29(37)23-25(21-13-7-15-41-21)36-28-24(26(22-14-8-16-42-22)35(36)27(23)31(33)39)30(38)34(32(28)40)20-12-6-4-10-18(20)2/h3-16,23-28H,1-2H3/t23-,24-,25+,26+,27+,28+/m0/s1. The Balaban J connectivity index is 1.32. The predicted octanol–water partition coefficient (Wildman–Crippen LogP) is 3.93. The van der Waals surface area contributed by atoms with Crippen LogP contribution in [0.3, 0.4) is 0 Å². The van der Waals surface area contributed by atoms with E-state index in [1.165, 1.54) is 22.3 Å². The smallest absolute Gasteiger partial charge is 0.253 e. The lowest BCUT2D eigenvalue weighted by Crippen LogP contribution is -2.50. The van der Waals surface area contributed by atoms with Crippen LogP contribution < -0.4 is 9.80 Å². The second-order valence-corrected chi connectivity index (χ2v) is 11.2. The summed E-state index contributed by atoms with van der Waals surface area (Å²) in [4.78, 5) is 59.7. The Morgan fingerprint density at radius 2 is 0.905 bits per heavy atom. The molecule has 42 heavy (non-hydrogen) atoms. The van der Waals surface area contributed by atoms with Gasteiger partial charge in [0, 0.05) is 0 Å². The number of rotatable bonds is 4. The van der Waals surface area contributed by atoms with Crippen molar-refractivity contribution < 1.29 is 28.0 Å². The second kappa shape index (κ2) is 8.85. The fraction of sp³-hybridized carbons (Fsp3) is 0.250. The number of carbonyl (C=O) groups is 4. The molecule has 8 rings (SSSR count). The highest BCUT2D eigenvalue weighted by atomic mass is 16.3. The zero-order chi connectivity index (χ0) is 28.9. The number of hydrogen-bond acceptors (Lipinski definition) is 8. The lowest BCUT2D eigenvalue weighted by atomic mass is 9.87. The van der Waals surface area contributed by atoms with Gasteiger partial charge in [0.25, 0.3) is 11.8 Å². The molecule has 4 aromatic rings. The van der Waals surface area contributed by atoms with Gasteiger partial charge in [0.1, 0.15) is 23.6 Å². The van der Waals surface area contributed by atoms with Crippen molar-refractivity contribution in [3.8, 4) is 0 Å². The van der Waals surface area contributed by atoms with E-state index in [1.54, 1.807) is 58.5 Å². The fourth-order valence-corrected chi connectivity index (χ4v) is 7.42. The molecule has 0 radical (unpaired) electrons. The van der Waals surface area contributed by atoms with Crippen LogP contribution in [0.5, 0.6) is 0 Å². The number of aryl methyl sites for hydroxylation is 2. The van der Waals surface area contributed by atoms with E-state index < -0.39 is 47.8 Å². The van der Waals surface area contributed by atoms with E-state index in [9.17, 15) is 19.2 Å². The summed E-state index contributed by atoms with van der Waals surface area (Å²) in [5.74, 6) is -2.46. The molecule has 10 heteroatoms. The van der Waals surface area contributed by atoms with E-state index in [0.29, 0.717) is 22.9 Å². The Labute approximate surface area is 240 Å². The van der Waals surface area contributed by atoms with Crippen molar-refractivity contribution >= 4 is 35.0 Å². The maximum Gasteiger partial charge on any atom is 0.253 e. The van der Waals surface area contributed by atoms with E-state index in [0.717, 1.165) is 11.1 Å². The number of carbonyl (C=O) groups excluding carboxylic acids is 4. The molecule has 0 saturated carbocycles. The van der Waals surface area contributed by atoms with Crippen molar-refractivity contribution in [1.29, 1.82) is 0 Å². The lowest BCUT2D eigenvalue weighted by molar-refractivity contribution is -0.136. The minimum Gasteiger partial charge on any atom is -0.468 e. The third-order valence-corrected chi connectivity index (χ3v) is 9.11. The minimum atomic E-state index is -0.972. The monoisotopic (exact) mass is 562 g/mol. The van der Waals surface area contributed by atoms with Gasteiger partial charge in [-0.3, -0.25) is 19.2 Å². The predicted molar refractivity (Wildman–Crippen MR) is 148 cm³/mol. The van der Waals surface area contributed by atoms with E-state index >= 15 is 0 Å². The molecule has 210 valence electrons. The van der Waals surface area contributed by atoms with Crippen LogP contribution in [0.25, 0.3) is 0 Å². The Morgan fingerprint density at radius 3 is 1.26 bits per heavy atom. The van der Waals surface area contributed by atoms with Gasteiger partial charge in [-0.05, 0) is 61.4 Å². The normalized spacial score (nSPS) is 29.1. The SMILES string of the molecule is Cc1ccccc1N1C(=O)[C@H]2[C@@H](c3ccco3)N3[C@H]4C(=O)N(c5ccccc5C)C(=O)[C@H]4[C@@H](c4ccco4)N3[C@H]2C1=O. The van der Waals surface area contributed by atoms with E-state index in [4.69, 9.17) is 8.83 Å². The largest absolute Gasteiger partial charge is 0.468 e. The van der Waals surface area contributed by atoms with Gasteiger partial charge in [-0.2, -0.15) is 0 Å². The first-order valence-electron chi connectivity index (χ1n) is 13.9. The Morgan fingerprint density at radius 1 is 0.500 bits per heavy atom. The van der Waals surface area contributed by atoms with E-state index in [1.807, 2.05) is 38.1 Å². The first-order valence-corrected chi connectivity index (χ1v) is 13.9. The number of hydrogen-bond donors (Lipinski definition) is 0. The first-order chi connectivity index (χ1) is 20.4. The topological polar surface area (TPSA) is 108 Å². The van der Waals surface area contributed by atoms with Gasteiger partial charge in [-0.15, -0.1) is 0 Å². The average Bonchev–Trinajstić information content (AvgIpc) is 3.81. The maximum atomic E-state index is 14.3. The highest BCUT2D eigenvalue weighted by Gasteiger charge is 2.74. The molecule has 2 aromatic heterocycles.